The molecule has 3 heteroatoms. The van der Waals surface area contributed by atoms with E-state index >= 15 is 0 Å². The second kappa shape index (κ2) is 3.45. The fourth-order valence-electron chi connectivity index (χ4n) is 1.79. The van der Waals surface area contributed by atoms with Crippen LogP contribution in [0.2, 0.25) is 0 Å². The Hall–Kier alpha value is -2.16. The highest BCUT2D eigenvalue weighted by Crippen LogP contribution is 2.20. The number of pyridine rings is 1. The number of aryl methyl sites for hydroxylation is 1. The number of hydrogen-bond donors (Lipinski definition) is 0. The lowest BCUT2D eigenvalue weighted by Crippen LogP contribution is -1.87. The molecule has 3 rings (SSSR count). The first-order valence-corrected chi connectivity index (χ1v) is 5.17. The molecule has 2 aromatic heterocycles. The first kappa shape index (κ1) is 9.09. The zero-order valence-electron chi connectivity index (χ0n) is 8.96. The van der Waals surface area contributed by atoms with E-state index in [9.17, 15) is 0 Å². The average molecular weight is 209 g/mol. The van der Waals surface area contributed by atoms with Crippen LogP contribution in [0, 0.1) is 0 Å². The Morgan fingerprint density at radius 2 is 1.88 bits per heavy atom. The van der Waals surface area contributed by atoms with Crippen molar-refractivity contribution in [3.8, 4) is 11.3 Å². The minimum Gasteiger partial charge on any atom is -0.332 e. The minimum absolute atomic E-state index is 0.965. The van der Waals surface area contributed by atoms with Crippen molar-refractivity contribution in [2.24, 2.45) is 7.05 Å². The maximum absolute atomic E-state index is 4.45. The Bertz CT molecular complexity index is 626. The SMILES string of the molecule is Cn1cnc2cc(-c3ccccc3)ncc21. The van der Waals surface area contributed by atoms with Crippen LogP contribution in [-0.4, -0.2) is 14.5 Å². The standard InChI is InChI=1S/C13H11N3/c1-16-9-15-12-7-11(14-8-13(12)16)10-5-3-2-4-6-10/h2-9H,1H3. The fraction of sp³-hybridized carbons (Fsp3) is 0.0769. The van der Waals surface area contributed by atoms with Crippen molar-refractivity contribution in [3.05, 3.63) is 48.9 Å². The highest BCUT2D eigenvalue weighted by Gasteiger charge is 2.03. The molecule has 3 nitrogen and oxygen atoms in total. The van der Waals surface area contributed by atoms with E-state index in [4.69, 9.17) is 0 Å². The van der Waals surface area contributed by atoms with E-state index in [0.717, 1.165) is 22.3 Å². The first-order valence-electron chi connectivity index (χ1n) is 5.17. The van der Waals surface area contributed by atoms with E-state index < -0.39 is 0 Å². The van der Waals surface area contributed by atoms with Crippen LogP contribution in [-0.2, 0) is 7.05 Å². The van der Waals surface area contributed by atoms with Crippen LogP contribution in [0.1, 0.15) is 0 Å². The van der Waals surface area contributed by atoms with Crippen molar-refractivity contribution in [1.82, 2.24) is 14.5 Å². The number of fused-ring (bicyclic) bond motifs is 1. The molecule has 0 N–H and O–H groups in total. The molecule has 0 aliphatic heterocycles. The zero-order valence-corrected chi connectivity index (χ0v) is 8.96. The van der Waals surface area contributed by atoms with Crippen LogP contribution in [0.4, 0.5) is 0 Å². The van der Waals surface area contributed by atoms with Crippen LogP contribution in [0.3, 0.4) is 0 Å². The van der Waals surface area contributed by atoms with Gasteiger partial charge in [-0.15, -0.1) is 0 Å². The van der Waals surface area contributed by atoms with Gasteiger partial charge >= 0.3 is 0 Å². The fourth-order valence-corrected chi connectivity index (χ4v) is 1.79. The molecular weight excluding hydrogens is 198 g/mol. The third kappa shape index (κ3) is 1.37. The Morgan fingerprint density at radius 3 is 2.69 bits per heavy atom. The van der Waals surface area contributed by atoms with Gasteiger partial charge in [-0.2, -0.15) is 0 Å². The third-order valence-electron chi connectivity index (χ3n) is 2.68. The van der Waals surface area contributed by atoms with Gasteiger partial charge in [0, 0.05) is 12.6 Å². The van der Waals surface area contributed by atoms with Crippen molar-refractivity contribution >= 4 is 11.0 Å². The maximum Gasteiger partial charge on any atom is 0.0956 e. The number of rotatable bonds is 1. The molecule has 0 fully saturated rings. The van der Waals surface area contributed by atoms with Gasteiger partial charge in [-0.3, -0.25) is 4.98 Å². The van der Waals surface area contributed by atoms with E-state index in [2.05, 4.69) is 22.1 Å². The summed E-state index contributed by atoms with van der Waals surface area (Å²) in [4.78, 5) is 8.78. The molecule has 0 bridgehead atoms. The minimum atomic E-state index is 0.965. The van der Waals surface area contributed by atoms with Gasteiger partial charge in [0.1, 0.15) is 0 Å². The third-order valence-corrected chi connectivity index (χ3v) is 2.68. The summed E-state index contributed by atoms with van der Waals surface area (Å²) in [6, 6.07) is 12.2. The summed E-state index contributed by atoms with van der Waals surface area (Å²) < 4.78 is 1.97. The largest absolute Gasteiger partial charge is 0.332 e. The Morgan fingerprint density at radius 1 is 1.06 bits per heavy atom. The van der Waals surface area contributed by atoms with E-state index in [1.165, 1.54) is 0 Å². The summed E-state index contributed by atoms with van der Waals surface area (Å²) in [6.07, 6.45) is 3.67. The van der Waals surface area contributed by atoms with Gasteiger partial charge in [-0.1, -0.05) is 30.3 Å². The number of aromatic nitrogens is 3. The van der Waals surface area contributed by atoms with E-state index in [0.29, 0.717) is 0 Å². The molecule has 0 spiro atoms. The van der Waals surface area contributed by atoms with Gasteiger partial charge in [-0.25, -0.2) is 4.98 Å². The number of hydrogen-bond acceptors (Lipinski definition) is 2. The lowest BCUT2D eigenvalue weighted by atomic mass is 10.1. The topological polar surface area (TPSA) is 30.7 Å². The summed E-state index contributed by atoms with van der Waals surface area (Å²) in [5, 5.41) is 0. The molecule has 0 aliphatic rings. The average Bonchev–Trinajstić information content (AvgIpc) is 2.72. The Balaban J connectivity index is 2.19. The monoisotopic (exact) mass is 209 g/mol. The molecule has 78 valence electrons. The number of imidazole rings is 1. The number of benzene rings is 1. The molecular formula is C13H11N3. The summed E-state index contributed by atoms with van der Waals surface area (Å²) in [5.41, 5.74) is 4.12. The van der Waals surface area contributed by atoms with E-state index in [1.54, 1.807) is 6.33 Å². The molecule has 3 aromatic rings. The van der Waals surface area contributed by atoms with Gasteiger partial charge < -0.3 is 4.57 Å². The normalized spacial score (nSPS) is 10.8. The highest BCUT2D eigenvalue weighted by molar-refractivity contribution is 5.79. The summed E-state index contributed by atoms with van der Waals surface area (Å²) in [6.45, 7) is 0. The molecule has 1 aromatic carbocycles. The van der Waals surface area contributed by atoms with Crippen molar-refractivity contribution in [2.75, 3.05) is 0 Å². The van der Waals surface area contributed by atoms with E-state index in [-0.39, 0.29) is 0 Å². The van der Waals surface area contributed by atoms with Crippen molar-refractivity contribution in [2.45, 2.75) is 0 Å². The smallest absolute Gasteiger partial charge is 0.0956 e. The van der Waals surface area contributed by atoms with Gasteiger partial charge in [-0.05, 0) is 6.07 Å². The van der Waals surface area contributed by atoms with Crippen molar-refractivity contribution in [1.29, 1.82) is 0 Å². The lowest BCUT2D eigenvalue weighted by molar-refractivity contribution is 0.945. The Labute approximate surface area is 93.4 Å². The second-order valence-electron chi connectivity index (χ2n) is 3.78. The Kier molecular flexibility index (Phi) is 1.96. The van der Waals surface area contributed by atoms with Crippen LogP contribution < -0.4 is 0 Å². The van der Waals surface area contributed by atoms with E-state index in [1.807, 2.05) is 42.1 Å². The van der Waals surface area contributed by atoms with Gasteiger partial charge in [0.2, 0.25) is 0 Å². The molecule has 2 heterocycles. The molecule has 16 heavy (non-hydrogen) atoms. The maximum atomic E-state index is 4.45. The highest BCUT2D eigenvalue weighted by atomic mass is 15.0. The number of nitrogens with zero attached hydrogens (tertiary/aromatic N) is 3. The van der Waals surface area contributed by atoms with Crippen molar-refractivity contribution < 1.29 is 0 Å². The van der Waals surface area contributed by atoms with Crippen LogP contribution in [0.25, 0.3) is 22.3 Å². The summed E-state index contributed by atoms with van der Waals surface area (Å²) in [5.74, 6) is 0. The quantitative estimate of drug-likeness (QED) is 0.616. The molecule has 0 saturated carbocycles. The van der Waals surface area contributed by atoms with Gasteiger partial charge in [0.25, 0.3) is 0 Å². The molecule has 0 amide bonds. The molecule has 0 atom stereocenters. The second-order valence-corrected chi connectivity index (χ2v) is 3.78. The predicted molar refractivity (Wildman–Crippen MR) is 63.9 cm³/mol. The van der Waals surface area contributed by atoms with Crippen LogP contribution in [0.5, 0.6) is 0 Å². The lowest BCUT2D eigenvalue weighted by Gasteiger charge is -2.00. The first-order chi connectivity index (χ1) is 7.84. The van der Waals surface area contributed by atoms with Gasteiger partial charge in [0.05, 0.1) is 29.3 Å². The van der Waals surface area contributed by atoms with Crippen LogP contribution >= 0.6 is 0 Å². The summed E-state index contributed by atoms with van der Waals surface area (Å²) in [7, 11) is 1.97. The van der Waals surface area contributed by atoms with Gasteiger partial charge in [0.15, 0.2) is 0 Å². The predicted octanol–water partition coefficient (Wildman–Crippen LogP) is 2.64. The molecule has 0 radical (unpaired) electrons. The molecule has 0 aliphatic carbocycles. The zero-order chi connectivity index (χ0) is 11.0. The van der Waals surface area contributed by atoms with Crippen LogP contribution in [0.15, 0.2) is 48.9 Å². The van der Waals surface area contributed by atoms with Crippen molar-refractivity contribution in [3.63, 3.8) is 0 Å². The molecule has 0 saturated heterocycles. The summed E-state index contributed by atoms with van der Waals surface area (Å²) >= 11 is 0. The molecule has 0 unspecified atom stereocenters.